The smallest absolute Gasteiger partial charge is 0.248 e. The van der Waals surface area contributed by atoms with Crippen LogP contribution in [0.3, 0.4) is 0 Å². The van der Waals surface area contributed by atoms with E-state index < -0.39 is 11.9 Å². The predicted octanol–water partition coefficient (Wildman–Crippen LogP) is 4.46. The number of hydrogen-bond acceptors (Lipinski definition) is 3. The van der Waals surface area contributed by atoms with Crippen molar-refractivity contribution in [2.24, 2.45) is 23.7 Å². The summed E-state index contributed by atoms with van der Waals surface area (Å²) in [6, 6.07) is 13.6. The second-order valence-corrected chi connectivity index (χ2v) is 9.63. The maximum atomic E-state index is 13.4. The van der Waals surface area contributed by atoms with E-state index in [9.17, 15) is 14.4 Å². The number of imide groups is 1. The lowest BCUT2D eigenvalue weighted by atomic mass is 9.85. The fourth-order valence-electron chi connectivity index (χ4n) is 5.17. The SMILES string of the molecule is O=C(Nc1ccc(Br)c(Cl)c1)[C@@H](Cc1ccccc1)N1C(=O)[C@@H]2[C@H](C1=O)[C@H]1C=C[C@H]2C1. The number of nitrogens with one attached hydrogen (secondary N) is 1. The molecule has 3 amide bonds. The van der Waals surface area contributed by atoms with Gasteiger partial charge in [-0.1, -0.05) is 54.1 Å². The summed E-state index contributed by atoms with van der Waals surface area (Å²) in [5.41, 5.74) is 1.40. The largest absolute Gasteiger partial charge is 0.324 e. The summed E-state index contributed by atoms with van der Waals surface area (Å²) in [5, 5.41) is 3.31. The molecule has 1 heterocycles. The van der Waals surface area contributed by atoms with Gasteiger partial charge >= 0.3 is 0 Å². The molecule has 0 radical (unpaired) electrons. The van der Waals surface area contributed by atoms with Crippen molar-refractivity contribution >= 4 is 50.9 Å². The van der Waals surface area contributed by atoms with E-state index in [1.54, 1.807) is 18.2 Å². The Hall–Kier alpha value is -2.44. The third-order valence-electron chi connectivity index (χ3n) is 6.58. The molecule has 31 heavy (non-hydrogen) atoms. The van der Waals surface area contributed by atoms with Crippen LogP contribution in [0.2, 0.25) is 5.02 Å². The van der Waals surface area contributed by atoms with Crippen LogP contribution < -0.4 is 5.32 Å². The van der Waals surface area contributed by atoms with E-state index in [0.29, 0.717) is 15.2 Å². The summed E-state index contributed by atoms with van der Waals surface area (Å²) in [4.78, 5) is 41.3. The summed E-state index contributed by atoms with van der Waals surface area (Å²) in [7, 11) is 0. The van der Waals surface area contributed by atoms with E-state index in [-0.39, 0.29) is 41.9 Å². The average Bonchev–Trinajstić information content (AvgIpc) is 3.44. The minimum Gasteiger partial charge on any atom is -0.324 e. The van der Waals surface area contributed by atoms with Crippen molar-refractivity contribution in [2.45, 2.75) is 18.9 Å². The van der Waals surface area contributed by atoms with Crippen molar-refractivity contribution in [3.63, 3.8) is 0 Å². The molecule has 1 aliphatic heterocycles. The number of rotatable bonds is 5. The van der Waals surface area contributed by atoms with E-state index in [0.717, 1.165) is 12.0 Å². The maximum Gasteiger partial charge on any atom is 0.248 e. The van der Waals surface area contributed by atoms with Gasteiger partial charge in [-0.15, -0.1) is 0 Å². The second-order valence-electron chi connectivity index (χ2n) is 8.37. The predicted molar refractivity (Wildman–Crippen MR) is 121 cm³/mol. The van der Waals surface area contributed by atoms with E-state index >= 15 is 0 Å². The van der Waals surface area contributed by atoms with Crippen LogP contribution >= 0.6 is 27.5 Å². The van der Waals surface area contributed by atoms with Crippen LogP contribution in [0.4, 0.5) is 5.69 Å². The van der Waals surface area contributed by atoms with Gasteiger partial charge in [0.25, 0.3) is 0 Å². The van der Waals surface area contributed by atoms with Crippen molar-refractivity contribution in [3.8, 4) is 0 Å². The molecule has 7 heteroatoms. The Kier molecular flexibility index (Phi) is 5.22. The number of allylic oxidation sites excluding steroid dienone is 2. The quantitative estimate of drug-likeness (QED) is 0.488. The summed E-state index contributed by atoms with van der Waals surface area (Å²) >= 11 is 9.49. The van der Waals surface area contributed by atoms with Crippen LogP contribution in [0.1, 0.15) is 12.0 Å². The van der Waals surface area contributed by atoms with Gasteiger partial charge in [0.2, 0.25) is 17.7 Å². The highest BCUT2D eigenvalue weighted by Gasteiger charge is 2.61. The molecule has 1 saturated heterocycles. The lowest BCUT2D eigenvalue weighted by Gasteiger charge is -2.27. The van der Waals surface area contributed by atoms with E-state index in [2.05, 4.69) is 33.4 Å². The van der Waals surface area contributed by atoms with Gasteiger partial charge in [0.05, 0.1) is 16.9 Å². The van der Waals surface area contributed by atoms with Crippen LogP contribution in [0.5, 0.6) is 0 Å². The van der Waals surface area contributed by atoms with Crippen molar-refractivity contribution in [2.75, 3.05) is 5.32 Å². The van der Waals surface area contributed by atoms with Gasteiger partial charge in [-0.2, -0.15) is 0 Å². The zero-order valence-corrected chi connectivity index (χ0v) is 18.8. The zero-order chi connectivity index (χ0) is 21.7. The highest BCUT2D eigenvalue weighted by atomic mass is 79.9. The molecule has 3 aliphatic rings. The van der Waals surface area contributed by atoms with Crippen LogP contribution in [-0.4, -0.2) is 28.7 Å². The Morgan fingerprint density at radius 1 is 1.06 bits per heavy atom. The van der Waals surface area contributed by atoms with Crippen LogP contribution in [0.15, 0.2) is 65.2 Å². The standard InChI is InChI=1S/C24H20BrClN2O3/c25-17-9-8-16(12-18(17)26)27-22(29)19(10-13-4-2-1-3-5-13)28-23(30)20-14-6-7-15(11-14)21(20)24(28)31/h1-9,12,14-15,19-21H,10-11H2,(H,27,29)/t14-,15-,19+,20-,21+/m0/s1. The van der Waals surface area contributed by atoms with E-state index in [1.165, 1.54) is 4.90 Å². The number of benzene rings is 2. The van der Waals surface area contributed by atoms with Gasteiger partial charge in [0, 0.05) is 16.6 Å². The molecule has 2 aromatic carbocycles. The molecular weight excluding hydrogens is 480 g/mol. The first-order chi connectivity index (χ1) is 14.9. The monoisotopic (exact) mass is 498 g/mol. The van der Waals surface area contributed by atoms with E-state index in [4.69, 9.17) is 11.6 Å². The van der Waals surface area contributed by atoms with Gasteiger partial charge in [-0.3, -0.25) is 19.3 Å². The molecule has 2 bridgehead atoms. The van der Waals surface area contributed by atoms with Gasteiger partial charge in [0.1, 0.15) is 6.04 Å². The number of fused-ring (bicyclic) bond motifs is 5. The number of carbonyl (C=O) groups excluding carboxylic acids is 3. The number of nitrogens with zero attached hydrogens (tertiary/aromatic N) is 1. The lowest BCUT2D eigenvalue weighted by molar-refractivity contribution is -0.147. The third-order valence-corrected chi connectivity index (χ3v) is 7.81. The van der Waals surface area contributed by atoms with Gasteiger partial charge in [-0.05, 0) is 57.9 Å². The van der Waals surface area contributed by atoms with Crippen LogP contribution in [0.25, 0.3) is 0 Å². The van der Waals surface area contributed by atoms with Gasteiger partial charge < -0.3 is 5.32 Å². The third kappa shape index (κ3) is 3.52. The molecule has 0 spiro atoms. The molecule has 5 atom stereocenters. The molecule has 2 aromatic rings. The highest BCUT2D eigenvalue weighted by Crippen LogP contribution is 2.53. The lowest BCUT2D eigenvalue weighted by Crippen LogP contribution is -2.49. The van der Waals surface area contributed by atoms with Crippen LogP contribution in [0, 0.1) is 23.7 Å². The summed E-state index contributed by atoms with van der Waals surface area (Å²) in [6.07, 6.45) is 5.22. The normalized spacial score (nSPS) is 27.0. The van der Waals surface area contributed by atoms with E-state index in [1.807, 2.05) is 30.3 Å². The van der Waals surface area contributed by atoms with Crippen LogP contribution in [-0.2, 0) is 20.8 Å². The number of amides is 3. The zero-order valence-electron chi connectivity index (χ0n) is 16.5. The first kappa shape index (κ1) is 20.5. The van der Waals surface area contributed by atoms with Crippen molar-refractivity contribution in [3.05, 3.63) is 75.7 Å². The average molecular weight is 500 g/mol. The molecule has 0 unspecified atom stereocenters. The number of carbonyl (C=O) groups is 3. The Balaban J connectivity index is 1.46. The molecule has 158 valence electrons. The molecule has 1 saturated carbocycles. The molecule has 5 nitrogen and oxygen atoms in total. The molecule has 2 aliphatic carbocycles. The highest BCUT2D eigenvalue weighted by molar-refractivity contribution is 9.10. The fraction of sp³-hybridized carbons (Fsp3) is 0.292. The number of anilines is 1. The van der Waals surface area contributed by atoms with Crippen molar-refractivity contribution in [1.82, 2.24) is 4.90 Å². The Labute approximate surface area is 193 Å². The van der Waals surface area contributed by atoms with Gasteiger partial charge in [0.15, 0.2) is 0 Å². The molecule has 0 aromatic heterocycles. The summed E-state index contributed by atoms with van der Waals surface area (Å²) in [6.45, 7) is 0. The summed E-state index contributed by atoms with van der Waals surface area (Å²) in [5.74, 6) is -1.33. The molecule has 2 fully saturated rings. The first-order valence-electron chi connectivity index (χ1n) is 10.3. The number of hydrogen-bond donors (Lipinski definition) is 1. The summed E-state index contributed by atoms with van der Waals surface area (Å²) < 4.78 is 0.716. The molecular formula is C24H20BrClN2O3. The number of likely N-dealkylation sites (tertiary alicyclic amines) is 1. The fourth-order valence-corrected chi connectivity index (χ4v) is 5.60. The Morgan fingerprint density at radius 3 is 2.32 bits per heavy atom. The van der Waals surface area contributed by atoms with Crippen molar-refractivity contribution in [1.29, 1.82) is 0 Å². The number of halogens is 2. The Bertz CT molecular complexity index is 1070. The Morgan fingerprint density at radius 2 is 1.71 bits per heavy atom. The van der Waals surface area contributed by atoms with Gasteiger partial charge in [-0.25, -0.2) is 0 Å². The first-order valence-corrected chi connectivity index (χ1v) is 11.5. The van der Waals surface area contributed by atoms with Crippen molar-refractivity contribution < 1.29 is 14.4 Å². The molecule has 5 rings (SSSR count). The minimum atomic E-state index is -0.921. The molecule has 1 N–H and O–H groups in total. The second kappa shape index (κ2) is 7.92. The topological polar surface area (TPSA) is 66.5 Å². The maximum absolute atomic E-state index is 13.4. The minimum absolute atomic E-state index is 0.0992.